The first-order valence-corrected chi connectivity index (χ1v) is 19.5. The monoisotopic (exact) mass is 702 g/mol. The van der Waals surface area contributed by atoms with Crippen molar-refractivity contribution in [1.29, 1.82) is 0 Å². The number of aromatic nitrogens is 4. The molecule has 4 nitrogen and oxygen atoms in total. The van der Waals surface area contributed by atoms with Gasteiger partial charge in [0.1, 0.15) is 0 Å². The summed E-state index contributed by atoms with van der Waals surface area (Å²) >= 11 is 1.78. The molecule has 1 aliphatic carbocycles. The van der Waals surface area contributed by atoms with Crippen LogP contribution in [-0.2, 0) is 10.8 Å². The fourth-order valence-electron chi connectivity index (χ4n) is 9.17. The molecular formula is C48H38N4S. The molecule has 0 spiro atoms. The highest BCUT2D eigenvalue weighted by atomic mass is 32.1. The fraction of sp³-hybridized carbons (Fsp3) is 0.167. The van der Waals surface area contributed by atoms with Gasteiger partial charge in [-0.3, -0.25) is 4.57 Å². The van der Waals surface area contributed by atoms with Crippen molar-refractivity contribution in [3.8, 4) is 22.9 Å². The maximum Gasteiger partial charge on any atom is 0.162 e. The first kappa shape index (κ1) is 30.8. The number of rotatable bonds is 3. The van der Waals surface area contributed by atoms with Crippen molar-refractivity contribution >= 4 is 75.3 Å². The number of thiophene rings is 1. The highest BCUT2D eigenvalue weighted by Crippen LogP contribution is 2.48. The smallest absolute Gasteiger partial charge is 0.162 e. The zero-order valence-electron chi connectivity index (χ0n) is 30.3. The van der Waals surface area contributed by atoms with Crippen LogP contribution >= 0.6 is 11.3 Å². The van der Waals surface area contributed by atoms with Crippen LogP contribution in [0, 0.1) is 0 Å². The van der Waals surface area contributed by atoms with Crippen molar-refractivity contribution in [2.45, 2.75) is 51.4 Å². The van der Waals surface area contributed by atoms with Crippen LogP contribution in [0.5, 0.6) is 0 Å². The summed E-state index contributed by atoms with van der Waals surface area (Å²) in [6.07, 6.45) is 2.38. The summed E-state index contributed by atoms with van der Waals surface area (Å²) in [6, 6.07) is 48.7. The minimum absolute atomic E-state index is 0.110. The molecule has 0 saturated heterocycles. The van der Waals surface area contributed by atoms with Crippen molar-refractivity contribution in [2.75, 3.05) is 0 Å². The lowest BCUT2D eigenvalue weighted by Crippen LogP contribution is -2.33. The van der Waals surface area contributed by atoms with Gasteiger partial charge in [0.15, 0.2) is 11.6 Å². The van der Waals surface area contributed by atoms with Crippen molar-refractivity contribution < 1.29 is 0 Å². The zero-order valence-corrected chi connectivity index (χ0v) is 31.1. The van der Waals surface area contributed by atoms with Gasteiger partial charge in [-0.1, -0.05) is 125 Å². The average Bonchev–Trinajstić information content (AvgIpc) is 3.84. The molecule has 0 radical (unpaired) electrons. The number of para-hydroxylation sites is 2. The van der Waals surface area contributed by atoms with Crippen LogP contribution in [0.25, 0.3) is 86.8 Å². The topological polar surface area (TPSA) is 35.6 Å². The Kier molecular flexibility index (Phi) is 6.32. The van der Waals surface area contributed by atoms with Gasteiger partial charge in [0.2, 0.25) is 0 Å². The molecule has 53 heavy (non-hydrogen) atoms. The Morgan fingerprint density at radius 1 is 0.547 bits per heavy atom. The molecule has 4 heterocycles. The fourth-order valence-corrected chi connectivity index (χ4v) is 10.3. The molecule has 10 aromatic rings. The number of hydrogen-bond acceptors (Lipinski definition) is 3. The van der Waals surface area contributed by atoms with Gasteiger partial charge in [-0.05, 0) is 71.2 Å². The molecule has 0 saturated carbocycles. The Balaban J connectivity index is 1.30. The highest BCUT2D eigenvalue weighted by molar-refractivity contribution is 7.26. The molecule has 4 aromatic heterocycles. The molecule has 1 aliphatic rings. The molecule has 256 valence electrons. The van der Waals surface area contributed by atoms with Gasteiger partial charge in [-0.2, -0.15) is 0 Å². The predicted molar refractivity (Wildman–Crippen MR) is 224 cm³/mol. The number of benzene rings is 6. The van der Waals surface area contributed by atoms with E-state index in [1.807, 2.05) is 6.07 Å². The van der Waals surface area contributed by atoms with E-state index in [1.165, 1.54) is 72.5 Å². The molecule has 0 bridgehead atoms. The van der Waals surface area contributed by atoms with E-state index in [4.69, 9.17) is 9.97 Å². The third kappa shape index (κ3) is 4.35. The molecule has 0 aliphatic heterocycles. The molecule has 0 N–H and O–H groups in total. The van der Waals surface area contributed by atoms with Gasteiger partial charge in [-0.15, -0.1) is 11.3 Å². The highest BCUT2D eigenvalue weighted by Gasteiger charge is 2.37. The Labute approximate surface area is 312 Å². The Morgan fingerprint density at radius 3 is 2.00 bits per heavy atom. The SMILES string of the molecule is CC1(C)CCC(C)(C)c2cc(-n3c4ccccc4c4c3ccc3c5ccccc5n(-c5nc(-c6ccccc6)nc6c5sc5ccccc56)c34)ccc21. The van der Waals surface area contributed by atoms with Crippen molar-refractivity contribution in [3.05, 3.63) is 145 Å². The number of fused-ring (bicyclic) bond motifs is 11. The minimum atomic E-state index is 0.110. The molecule has 6 aromatic carbocycles. The van der Waals surface area contributed by atoms with Crippen LogP contribution < -0.4 is 0 Å². The van der Waals surface area contributed by atoms with E-state index in [0.717, 1.165) is 38.3 Å². The van der Waals surface area contributed by atoms with E-state index in [0.29, 0.717) is 0 Å². The Bertz CT molecular complexity index is 3120. The van der Waals surface area contributed by atoms with Crippen molar-refractivity contribution in [3.63, 3.8) is 0 Å². The summed E-state index contributed by atoms with van der Waals surface area (Å²) in [5, 5.41) is 6.07. The van der Waals surface area contributed by atoms with Crippen LogP contribution in [0.1, 0.15) is 51.7 Å². The second kappa shape index (κ2) is 10.9. The molecule has 0 unspecified atom stereocenters. The van der Waals surface area contributed by atoms with E-state index in [1.54, 1.807) is 11.3 Å². The van der Waals surface area contributed by atoms with E-state index >= 15 is 0 Å². The molecule has 0 amide bonds. The first-order chi connectivity index (χ1) is 25.8. The number of hydrogen-bond donors (Lipinski definition) is 0. The predicted octanol–water partition coefficient (Wildman–Crippen LogP) is 13.1. The standard InChI is InChI=1S/C48H38N4S/c1-47(2)26-27-48(3,4)36-28-30(22-24-35(36)47)51-38-20-12-9-17-33(38)41-39(51)25-23-32-31-16-8-11-19-37(31)52(43(32)41)46-44-42(34-18-10-13-21-40(34)53-44)49-45(50-46)29-14-6-5-7-15-29/h5-25,28H,26-27H2,1-4H3. The quantitative estimate of drug-likeness (QED) is 0.184. The van der Waals surface area contributed by atoms with Gasteiger partial charge < -0.3 is 4.57 Å². The van der Waals surface area contributed by atoms with Crippen LogP contribution in [0.3, 0.4) is 0 Å². The molecule has 0 atom stereocenters. The lowest BCUT2D eigenvalue weighted by Gasteiger charge is -2.42. The molecule has 0 fully saturated rings. The van der Waals surface area contributed by atoms with E-state index in [2.05, 4.69) is 164 Å². The lowest BCUT2D eigenvalue weighted by molar-refractivity contribution is 0.332. The van der Waals surface area contributed by atoms with Gasteiger partial charge in [0.25, 0.3) is 0 Å². The summed E-state index contributed by atoms with van der Waals surface area (Å²) in [7, 11) is 0. The Morgan fingerprint density at radius 2 is 1.21 bits per heavy atom. The Hall–Kier alpha value is -5.78. The number of nitrogens with zero attached hydrogens (tertiary/aromatic N) is 4. The van der Waals surface area contributed by atoms with Crippen LogP contribution in [0.4, 0.5) is 0 Å². The summed E-state index contributed by atoms with van der Waals surface area (Å²) in [5.74, 6) is 1.65. The molecule has 5 heteroatoms. The van der Waals surface area contributed by atoms with E-state index < -0.39 is 0 Å². The molecule has 11 rings (SSSR count). The van der Waals surface area contributed by atoms with E-state index in [-0.39, 0.29) is 10.8 Å². The maximum absolute atomic E-state index is 5.49. The second-order valence-corrected chi connectivity index (χ2v) is 17.1. The summed E-state index contributed by atoms with van der Waals surface area (Å²) in [6.45, 7) is 9.64. The van der Waals surface area contributed by atoms with Gasteiger partial charge in [-0.25, -0.2) is 9.97 Å². The van der Waals surface area contributed by atoms with Crippen molar-refractivity contribution in [2.24, 2.45) is 0 Å². The van der Waals surface area contributed by atoms with Gasteiger partial charge in [0.05, 0.1) is 32.3 Å². The third-order valence-corrected chi connectivity index (χ3v) is 13.2. The van der Waals surface area contributed by atoms with Crippen LogP contribution in [0.2, 0.25) is 0 Å². The average molecular weight is 703 g/mol. The van der Waals surface area contributed by atoms with Gasteiger partial charge in [0, 0.05) is 42.9 Å². The molecular weight excluding hydrogens is 665 g/mol. The van der Waals surface area contributed by atoms with Crippen LogP contribution in [-0.4, -0.2) is 19.1 Å². The maximum atomic E-state index is 5.49. The zero-order chi connectivity index (χ0) is 35.6. The summed E-state index contributed by atoms with van der Waals surface area (Å²) < 4.78 is 7.24. The summed E-state index contributed by atoms with van der Waals surface area (Å²) in [5.41, 5.74) is 11.1. The lowest BCUT2D eigenvalue weighted by atomic mass is 9.63. The van der Waals surface area contributed by atoms with Crippen molar-refractivity contribution in [1.82, 2.24) is 19.1 Å². The minimum Gasteiger partial charge on any atom is -0.309 e. The first-order valence-electron chi connectivity index (χ1n) is 18.6. The third-order valence-electron chi connectivity index (χ3n) is 12.0. The van der Waals surface area contributed by atoms with Gasteiger partial charge >= 0.3 is 0 Å². The summed E-state index contributed by atoms with van der Waals surface area (Å²) in [4.78, 5) is 10.8. The van der Waals surface area contributed by atoms with E-state index in [9.17, 15) is 0 Å². The largest absolute Gasteiger partial charge is 0.309 e. The normalized spacial score (nSPS) is 15.3. The van der Waals surface area contributed by atoms with Crippen LogP contribution in [0.15, 0.2) is 133 Å². The second-order valence-electron chi connectivity index (χ2n) is 16.1.